The zero-order valence-electron chi connectivity index (χ0n) is 13.5. The number of rotatable bonds is 9. The molecule has 0 aromatic heterocycles. The van der Waals surface area contributed by atoms with Crippen LogP contribution in [0.3, 0.4) is 0 Å². The molecule has 124 valence electrons. The summed E-state index contributed by atoms with van der Waals surface area (Å²) >= 11 is 0. The molecule has 0 aliphatic rings. The van der Waals surface area contributed by atoms with E-state index in [1.165, 1.54) is 17.4 Å². The van der Waals surface area contributed by atoms with E-state index in [4.69, 9.17) is 0 Å². The van der Waals surface area contributed by atoms with E-state index in [9.17, 15) is 8.42 Å². The standard InChI is InChI=1S/C18H24N2O2S/c1-23(21,22)19-13-8-14-20(15-17-9-4-2-5-10-17)16-18-11-6-3-7-12-18/h2-7,9-12,19H,8,13-16H2,1H3. The van der Waals surface area contributed by atoms with Crippen molar-refractivity contribution in [2.45, 2.75) is 19.5 Å². The molecule has 4 nitrogen and oxygen atoms in total. The summed E-state index contributed by atoms with van der Waals surface area (Å²) in [6.07, 6.45) is 1.98. The van der Waals surface area contributed by atoms with Crippen molar-refractivity contribution >= 4 is 10.0 Å². The fraction of sp³-hybridized carbons (Fsp3) is 0.333. The van der Waals surface area contributed by atoms with Crippen LogP contribution in [0.2, 0.25) is 0 Å². The highest BCUT2D eigenvalue weighted by atomic mass is 32.2. The highest BCUT2D eigenvalue weighted by molar-refractivity contribution is 7.88. The molecule has 0 aliphatic heterocycles. The maximum atomic E-state index is 11.1. The van der Waals surface area contributed by atoms with Crippen molar-refractivity contribution in [3.8, 4) is 0 Å². The van der Waals surface area contributed by atoms with Crippen LogP contribution in [0.4, 0.5) is 0 Å². The predicted octanol–water partition coefficient (Wildman–Crippen LogP) is 2.63. The second-order valence-corrected chi connectivity index (χ2v) is 7.53. The Kier molecular flexibility index (Phi) is 6.77. The third kappa shape index (κ3) is 7.41. The number of nitrogens with one attached hydrogen (secondary N) is 1. The van der Waals surface area contributed by atoms with Crippen LogP contribution >= 0.6 is 0 Å². The number of nitrogens with zero attached hydrogens (tertiary/aromatic N) is 1. The number of benzene rings is 2. The first-order valence-corrected chi connectivity index (χ1v) is 9.67. The van der Waals surface area contributed by atoms with Gasteiger partial charge in [0.25, 0.3) is 0 Å². The van der Waals surface area contributed by atoms with Crippen molar-refractivity contribution in [3.05, 3.63) is 71.8 Å². The maximum Gasteiger partial charge on any atom is 0.208 e. The third-order valence-corrected chi connectivity index (χ3v) is 4.24. The summed E-state index contributed by atoms with van der Waals surface area (Å²) in [7, 11) is -3.11. The van der Waals surface area contributed by atoms with Crippen molar-refractivity contribution in [2.24, 2.45) is 0 Å². The van der Waals surface area contributed by atoms with Gasteiger partial charge in [0.15, 0.2) is 0 Å². The predicted molar refractivity (Wildman–Crippen MR) is 94.5 cm³/mol. The molecule has 2 aromatic rings. The molecule has 0 amide bonds. The van der Waals surface area contributed by atoms with Crippen molar-refractivity contribution in [3.63, 3.8) is 0 Å². The van der Waals surface area contributed by atoms with Gasteiger partial charge in [-0.3, -0.25) is 4.90 Å². The van der Waals surface area contributed by atoms with Crippen molar-refractivity contribution in [1.82, 2.24) is 9.62 Å². The second-order valence-electron chi connectivity index (χ2n) is 5.70. The van der Waals surface area contributed by atoms with Crippen LogP contribution in [0.25, 0.3) is 0 Å². The molecule has 5 heteroatoms. The lowest BCUT2D eigenvalue weighted by atomic mass is 10.1. The Morgan fingerprint density at radius 2 is 1.35 bits per heavy atom. The average Bonchev–Trinajstić information content (AvgIpc) is 2.52. The van der Waals surface area contributed by atoms with Gasteiger partial charge in [-0.1, -0.05) is 60.7 Å². The molecule has 0 fully saturated rings. The van der Waals surface area contributed by atoms with E-state index in [1.54, 1.807) is 0 Å². The summed E-state index contributed by atoms with van der Waals surface area (Å²) in [6, 6.07) is 20.7. The summed E-state index contributed by atoms with van der Waals surface area (Å²) in [5, 5.41) is 0. The van der Waals surface area contributed by atoms with E-state index in [0.717, 1.165) is 26.1 Å². The largest absolute Gasteiger partial charge is 0.295 e. The number of sulfonamides is 1. The van der Waals surface area contributed by atoms with Crippen molar-refractivity contribution in [1.29, 1.82) is 0 Å². The lowest BCUT2D eigenvalue weighted by Crippen LogP contribution is -2.29. The third-order valence-electron chi connectivity index (χ3n) is 3.51. The van der Waals surface area contributed by atoms with Gasteiger partial charge in [-0.25, -0.2) is 13.1 Å². The van der Waals surface area contributed by atoms with Gasteiger partial charge in [-0.05, 0) is 17.5 Å². The summed E-state index contributed by atoms with van der Waals surface area (Å²) < 4.78 is 24.8. The van der Waals surface area contributed by atoms with Gasteiger partial charge < -0.3 is 0 Å². The van der Waals surface area contributed by atoms with E-state index in [1.807, 2.05) is 36.4 Å². The van der Waals surface area contributed by atoms with Crippen LogP contribution in [-0.4, -0.2) is 32.7 Å². The number of hydrogen-bond donors (Lipinski definition) is 1. The molecule has 1 N–H and O–H groups in total. The first-order valence-electron chi connectivity index (χ1n) is 7.78. The molecule has 0 saturated heterocycles. The van der Waals surface area contributed by atoms with Crippen LogP contribution in [0.1, 0.15) is 17.5 Å². The molecule has 0 aliphatic carbocycles. The molecule has 0 saturated carbocycles. The van der Waals surface area contributed by atoms with Crippen molar-refractivity contribution in [2.75, 3.05) is 19.3 Å². The molecular formula is C18H24N2O2S. The van der Waals surface area contributed by atoms with Crippen LogP contribution in [-0.2, 0) is 23.1 Å². The Bertz CT molecular complexity index is 631. The van der Waals surface area contributed by atoms with Crippen LogP contribution in [0.5, 0.6) is 0 Å². The van der Waals surface area contributed by atoms with Crippen LogP contribution in [0.15, 0.2) is 60.7 Å². The minimum Gasteiger partial charge on any atom is -0.295 e. The van der Waals surface area contributed by atoms with Gasteiger partial charge in [0.2, 0.25) is 10.0 Å². The lowest BCUT2D eigenvalue weighted by molar-refractivity contribution is 0.254. The molecule has 2 rings (SSSR count). The van der Waals surface area contributed by atoms with E-state index < -0.39 is 10.0 Å². The van der Waals surface area contributed by atoms with E-state index in [0.29, 0.717) is 6.54 Å². The number of hydrogen-bond acceptors (Lipinski definition) is 3. The molecule has 23 heavy (non-hydrogen) atoms. The monoisotopic (exact) mass is 332 g/mol. The van der Waals surface area contributed by atoms with Gasteiger partial charge in [-0.2, -0.15) is 0 Å². The SMILES string of the molecule is CS(=O)(=O)NCCCN(Cc1ccccc1)Cc1ccccc1. The minimum absolute atomic E-state index is 0.471. The highest BCUT2D eigenvalue weighted by Gasteiger charge is 2.08. The molecule has 0 spiro atoms. The summed E-state index contributed by atoms with van der Waals surface area (Å²) in [6.45, 7) is 3.02. The molecule has 2 aromatic carbocycles. The molecule has 0 unspecified atom stereocenters. The maximum absolute atomic E-state index is 11.1. The molecule has 0 heterocycles. The summed E-state index contributed by atoms with van der Waals surface area (Å²) in [4.78, 5) is 2.34. The quantitative estimate of drug-likeness (QED) is 0.718. The zero-order valence-corrected chi connectivity index (χ0v) is 14.3. The molecule has 0 radical (unpaired) electrons. The fourth-order valence-corrected chi connectivity index (χ4v) is 2.97. The Morgan fingerprint density at radius 1 is 0.870 bits per heavy atom. The van der Waals surface area contributed by atoms with Crippen LogP contribution < -0.4 is 4.72 Å². The average molecular weight is 332 g/mol. The Hall–Kier alpha value is -1.69. The summed E-state index contributed by atoms with van der Waals surface area (Å²) in [5.74, 6) is 0. The van der Waals surface area contributed by atoms with Gasteiger partial charge in [0.05, 0.1) is 6.26 Å². The van der Waals surface area contributed by atoms with Gasteiger partial charge in [0, 0.05) is 26.2 Å². The second kappa shape index (κ2) is 8.82. The Balaban J connectivity index is 1.93. The first-order chi connectivity index (χ1) is 11.0. The van der Waals surface area contributed by atoms with Gasteiger partial charge in [-0.15, -0.1) is 0 Å². The molecule has 0 bridgehead atoms. The Morgan fingerprint density at radius 3 is 1.78 bits per heavy atom. The lowest BCUT2D eigenvalue weighted by Gasteiger charge is -2.22. The molecule has 0 atom stereocenters. The van der Waals surface area contributed by atoms with Gasteiger partial charge >= 0.3 is 0 Å². The van der Waals surface area contributed by atoms with Crippen molar-refractivity contribution < 1.29 is 8.42 Å². The highest BCUT2D eigenvalue weighted by Crippen LogP contribution is 2.10. The van der Waals surface area contributed by atoms with Crippen LogP contribution in [0, 0.1) is 0 Å². The van der Waals surface area contributed by atoms with E-state index in [2.05, 4.69) is 33.9 Å². The zero-order chi connectivity index (χ0) is 16.5. The van der Waals surface area contributed by atoms with E-state index >= 15 is 0 Å². The molecular weight excluding hydrogens is 308 g/mol. The Labute approximate surface area is 139 Å². The van der Waals surface area contributed by atoms with Gasteiger partial charge in [0.1, 0.15) is 0 Å². The smallest absolute Gasteiger partial charge is 0.208 e. The first kappa shape index (κ1) is 17.7. The summed E-state index contributed by atoms with van der Waals surface area (Å²) in [5.41, 5.74) is 2.53. The fourth-order valence-electron chi connectivity index (χ4n) is 2.46. The topological polar surface area (TPSA) is 49.4 Å². The minimum atomic E-state index is -3.11. The van der Waals surface area contributed by atoms with E-state index in [-0.39, 0.29) is 0 Å². The normalized spacial score (nSPS) is 11.7.